The second-order valence-electron chi connectivity index (χ2n) is 5.62. The highest BCUT2D eigenvalue weighted by atomic mass is 32.3. The quantitative estimate of drug-likeness (QED) is 0.792. The average molecular weight is 401 g/mol. The van der Waals surface area contributed by atoms with Crippen LogP contribution < -0.4 is 10.1 Å². The molecule has 0 aliphatic carbocycles. The van der Waals surface area contributed by atoms with Crippen molar-refractivity contribution in [2.45, 2.75) is 15.4 Å². The first-order valence-electron chi connectivity index (χ1n) is 7.86. The molecule has 1 aliphatic heterocycles. The highest BCUT2D eigenvalue weighted by molar-refractivity contribution is 8.25. The van der Waals surface area contributed by atoms with Crippen molar-refractivity contribution in [1.29, 1.82) is 0 Å². The molecule has 2 aromatic rings. The van der Waals surface area contributed by atoms with Crippen molar-refractivity contribution >= 4 is 32.7 Å². The Morgan fingerprint density at radius 2 is 1.74 bits per heavy atom. The number of sulfone groups is 1. The molecule has 27 heavy (non-hydrogen) atoms. The maximum Gasteiger partial charge on any atom is 0.287 e. The van der Waals surface area contributed by atoms with Crippen molar-refractivity contribution < 1.29 is 22.7 Å². The highest BCUT2D eigenvalue weighted by Crippen LogP contribution is 2.43. The second kappa shape index (κ2) is 7.47. The van der Waals surface area contributed by atoms with E-state index in [4.69, 9.17) is 4.74 Å². The monoisotopic (exact) mass is 401 g/mol. The van der Waals surface area contributed by atoms with Gasteiger partial charge in [-0.05, 0) is 48.2 Å². The van der Waals surface area contributed by atoms with Crippen LogP contribution in [-0.2, 0) is 14.6 Å². The van der Waals surface area contributed by atoms with Gasteiger partial charge in [-0.15, -0.1) is 0 Å². The highest BCUT2D eigenvalue weighted by Gasteiger charge is 2.58. The molecule has 1 unspecified atom stereocenters. The van der Waals surface area contributed by atoms with Gasteiger partial charge >= 0.3 is 0 Å². The molecule has 2 aromatic carbocycles. The van der Waals surface area contributed by atoms with Gasteiger partial charge in [0.15, 0.2) is 0 Å². The lowest BCUT2D eigenvalue weighted by Gasteiger charge is -2.21. The molecule has 3 rings (SSSR count). The number of carbonyl (C=O) groups is 2. The fourth-order valence-electron chi connectivity index (χ4n) is 2.52. The van der Waals surface area contributed by atoms with E-state index in [1.165, 1.54) is 12.1 Å². The normalized spacial score (nSPS) is 19.1. The minimum absolute atomic E-state index is 0.0337. The fourth-order valence-corrected chi connectivity index (χ4v) is 5.66. The second-order valence-corrected chi connectivity index (χ2v) is 9.33. The van der Waals surface area contributed by atoms with Crippen LogP contribution in [0.25, 0.3) is 0 Å². The number of methoxy groups -OCH3 is 1. The van der Waals surface area contributed by atoms with Crippen molar-refractivity contribution in [3.8, 4) is 17.6 Å². The Hall–Kier alpha value is -2.76. The number of ether oxygens (including phenoxy) is 1. The molecule has 1 N–H and O–H groups in total. The lowest BCUT2D eigenvalue weighted by molar-refractivity contribution is -0.119. The van der Waals surface area contributed by atoms with Crippen molar-refractivity contribution in [3.05, 3.63) is 60.2 Å². The molecular formula is C19H15NO5S2. The van der Waals surface area contributed by atoms with E-state index in [9.17, 15) is 18.0 Å². The van der Waals surface area contributed by atoms with Gasteiger partial charge in [0.2, 0.25) is 13.9 Å². The first-order chi connectivity index (χ1) is 12.9. The van der Waals surface area contributed by atoms with E-state index >= 15 is 0 Å². The Morgan fingerprint density at radius 3 is 2.30 bits per heavy atom. The van der Waals surface area contributed by atoms with Crippen LogP contribution in [0.4, 0.5) is 4.79 Å². The van der Waals surface area contributed by atoms with E-state index in [1.54, 1.807) is 49.6 Å². The third kappa shape index (κ3) is 3.56. The van der Waals surface area contributed by atoms with E-state index in [0.29, 0.717) is 23.1 Å². The summed E-state index contributed by atoms with van der Waals surface area (Å²) in [6, 6.07) is 14.5. The van der Waals surface area contributed by atoms with Gasteiger partial charge in [0, 0.05) is 12.0 Å². The molecule has 138 valence electrons. The molecule has 0 saturated carbocycles. The van der Waals surface area contributed by atoms with Crippen LogP contribution in [0.1, 0.15) is 12.0 Å². The lowest BCUT2D eigenvalue weighted by atomic mass is 10.2. The SMILES string of the molecule is COc1ccc(C#CCC2(S(=O)(=O)c3ccccc3)SC(=O)NC2=O)cc1. The summed E-state index contributed by atoms with van der Waals surface area (Å²) in [4.78, 5) is 24.2. The molecular weight excluding hydrogens is 386 g/mol. The van der Waals surface area contributed by atoms with Crippen LogP contribution in [0.15, 0.2) is 59.5 Å². The summed E-state index contributed by atoms with van der Waals surface area (Å²) in [5, 5.41) is 1.37. The van der Waals surface area contributed by atoms with E-state index in [2.05, 4.69) is 17.2 Å². The molecule has 1 saturated heterocycles. The summed E-state index contributed by atoms with van der Waals surface area (Å²) < 4.78 is 29.3. The van der Waals surface area contributed by atoms with Gasteiger partial charge in [-0.3, -0.25) is 14.9 Å². The number of rotatable bonds is 4. The molecule has 1 fully saturated rings. The lowest BCUT2D eigenvalue weighted by Crippen LogP contribution is -2.43. The first-order valence-corrected chi connectivity index (χ1v) is 10.2. The van der Waals surface area contributed by atoms with E-state index in [-0.39, 0.29) is 11.3 Å². The van der Waals surface area contributed by atoms with Crippen LogP contribution in [-0.4, -0.2) is 30.8 Å². The molecule has 2 amide bonds. The van der Waals surface area contributed by atoms with Crippen LogP contribution in [0, 0.1) is 11.8 Å². The smallest absolute Gasteiger partial charge is 0.287 e. The standard InChI is InChI=1S/C19H15NO5S2/c1-25-15-11-9-14(10-12-15)6-5-13-19(17(21)20-18(22)26-19)27(23,24)16-7-3-2-4-8-16/h2-4,7-12H,13H2,1H3,(H,20,21,22). The van der Waals surface area contributed by atoms with Gasteiger partial charge < -0.3 is 4.74 Å². The summed E-state index contributed by atoms with van der Waals surface area (Å²) >= 11 is 0.454. The molecule has 0 aromatic heterocycles. The predicted octanol–water partition coefficient (Wildman–Crippen LogP) is 2.59. The Morgan fingerprint density at radius 1 is 1.07 bits per heavy atom. The van der Waals surface area contributed by atoms with Gasteiger partial charge in [0.25, 0.3) is 11.1 Å². The number of benzene rings is 2. The summed E-state index contributed by atoms with van der Waals surface area (Å²) in [5.41, 5.74) is 0.637. The van der Waals surface area contributed by atoms with Crippen molar-refractivity contribution in [2.24, 2.45) is 0 Å². The average Bonchev–Trinajstić information content (AvgIpc) is 2.98. The maximum absolute atomic E-state index is 13.1. The minimum atomic E-state index is -4.14. The molecule has 1 aliphatic rings. The van der Waals surface area contributed by atoms with Gasteiger partial charge in [-0.2, -0.15) is 0 Å². The Bertz CT molecular complexity index is 1040. The minimum Gasteiger partial charge on any atom is -0.497 e. The van der Waals surface area contributed by atoms with E-state index < -0.39 is 25.1 Å². The molecule has 0 radical (unpaired) electrons. The van der Waals surface area contributed by atoms with Crippen LogP contribution in [0.5, 0.6) is 5.75 Å². The fraction of sp³-hybridized carbons (Fsp3) is 0.158. The molecule has 0 spiro atoms. The van der Waals surface area contributed by atoms with Gasteiger partial charge in [-0.1, -0.05) is 30.0 Å². The zero-order valence-electron chi connectivity index (χ0n) is 14.3. The number of carbonyl (C=O) groups excluding carboxylic acids is 2. The summed E-state index contributed by atoms with van der Waals surface area (Å²) in [6.45, 7) is 0. The number of nitrogens with one attached hydrogen (secondary N) is 1. The number of amides is 2. The van der Waals surface area contributed by atoms with Crippen molar-refractivity contribution in [1.82, 2.24) is 5.32 Å². The largest absolute Gasteiger partial charge is 0.497 e. The Balaban J connectivity index is 1.97. The molecule has 1 heterocycles. The predicted molar refractivity (Wildman–Crippen MR) is 102 cm³/mol. The van der Waals surface area contributed by atoms with E-state index in [1.807, 2.05) is 0 Å². The summed E-state index contributed by atoms with van der Waals surface area (Å²) in [6.07, 6.45) is -0.321. The Kier molecular flexibility index (Phi) is 5.26. The zero-order chi connectivity index (χ0) is 19.5. The third-order valence-corrected chi connectivity index (χ3v) is 7.90. The topological polar surface area (TPSA) is 89.5 Å². The molecule has 0 bridgehead atoms. The molecule has 6 nitrogen and oxygen atoms in total. The number of hydrogen-bond donors (Lipinski definition) is 1. The van der Waals surface area contributed by atoms with E-state index in [0.717, 1.165) is 0 Å². The zero-order valence-corrected chi connectivity index (χ0v) is 15.9. The maximum atomic E-state index is 13.1. The van der Waals surface area contributed by atoms with Crippen LogP contribution in [0.2, 0.25) is 0 Å². The number of imide groups is 1. The third-order valence-electron chi connectivity index (χ3n) is 3.95. The molecule has 8 heteroatoms. The summed E-state index contributed by atoms with van der Waals surface area (Å²) in [7, 11) is -2.59. The number of thioether (sulfide) groups is 1. The molecule has 1 atom stereocenters. The van der Waals surface area contributed by atoms with Crippen molar-refractivity contribution in [3.63, 3.8) is 0 Å². The van der Waals surface area contributed by atoms with Gasteiger partial charge in [0.05, 0.1) is 12.0 Å². The van der Waals surface area contributed by atoms with Crippen LogP contribution in [0.3, 0.4) is 0 Å². The number of hydrogen-bond acceptors (Lipinski definition) is 6. The van der Waals surface area contributed by atoms with Crippen LogP contribution >= 0.6 is 11.8 Å². The Labute approximate surface area is 161 Å². The van der Waals surface area contributed by atoms with Gasteiger partial charge in [-0.25, -0.2) is 8.42 Å². The first kappa shape index (κ1) is 19.0. The summed E-state index contributed by atoms with van der Waals surface area (Å²) in [5.74, 6) is 5.37. The van der Waals surface area contributed by atoms with Crippen molar-refractivity contribution in [2.75, 3.05) is 7.11 Å². The van der Waals surface area contributed by atoms with Gasteiger partial charge in [0.1, 0.15) is 5.75 Å².